The Hall–Kier alpha value is -2.38. The summed E-state index contributed by atoms with van der Waals surface area (Å²) in [5.74, 6) is 0.999. The van der Waals surface area contributed by atoms with Gasteiger partial charge >= 0.3 is 6.01 Å². The van der Waals surface area contributed by atoms with Crippen LogP contribution in [-0.2, 0) is 6.54 Å². The Kier molecular flexibility index (Phi) is 5.10. The average Bonchev–Trinajstić information content (AvgIpc) is 2.92. The maximum absolute atomic E-state index is 5.33. The summed E-state index contributed by atoms with van der Waals surface area (Å²) in [5, 5.41) is 10.3. The molecule has 0 aromatic carbocycles. The third kappa shape index (κ3) is 4.08. The van der Waals surface area contributed by atoms with E-state index in [0.29, 0.717) is 31.1 Å². The number of hydrogen-bond donors (Lipinski definition) is 2. The molecule has 0 aliphatic heterocycles. The highest BCUT2D eigenvalue weighted by molar-refractivity contribution is 5.35. The SMILES string of the molecule is CCNc1nc(NCCn2cccn2)nc(OCC)n1. The second-order valence-electron chi connectivity index (χ2n) is 3.92. The number of nitrogens with zero attached hydrogens (tertiary/aromatic N) is 5. The van der Waals surface area contributed by atoms with Crippen LogP contribution < -0.4 is 15.4 Å². The van der Waals surface area contributed by atoms with Crippen molar-refractivity contribution in [1.82, 2.24) is 24.7 Å². The Labute approximate surface area is 117 Å². The number of rotatable bonds is 8. The molecule has 0 fully saturated rings. The molecule has 0 saturated carbocycles. The first-order valence-corrected chi connectivity index (χ1v) is 6.66. The summed E-state index contributed by atoms with van der Waals surface area (Å²) < 4.78 is 7.16. The molecule has 108 valence electrons. The van der Waals surface area contributed by atoms with Crippen molar-refractivity contribution in [3.05, 3.63) is 18.5 Å². The molecular formula is C12H19N7O. The first kappa shape index (κ1) is 14.0. The minimum atomic E-state index is 0.319. The zero-order valence-electron chi connectivity index (χ0n) is 11.7. The van der Waals surface area contributed by atoms with Crippen LogP contribution in [0.2, 0.25) is 0 Å². The third-order valence-electron chi connectivity index (χ3n) is 2.41. The quantitative estimate of drug-likeness (QED) is 0.744. The molecule has 2 heterocycles. The Morgan fingerprint density at radius 1 is 1.15 bits per heavy atom. The number of ether oxygens (including phenoxy) is 1. The molecule has 2 N–H and O–H groups in total. The highest BCUT2D eigenvalue weighted by atomic mass is 16.5. The number of anilines is 2. The van der Waals surface area contributed by atoms with Crippen molar-refractivity contribution in [3.63, 3.8) is 0 Å². The fraction of sp³-hybridized carbons (Fsp3) is 0.500. The Bertz CT molecular complexity index is 490. The lowest BCUT2D eigenvalue weighted by Crippen LogP contribution is -2.15. The van der Waals surface area contributed by atoms with E-state index in [1.807, 2.05) is 30.8 Å². The van der Waals surface area contributed by atoms with Crippen molar-refractivity contribution < 1.29 is 4.74 Å². The maximum atomic E-state index is 5.33. The minimum Gasteiger partial charge on any atom is -0.464 e. The van der Waals surface area contributed by atoms with Gasteiger partial charge in [-0.25, -0.2) is 0 Å². The summed E-state index contributed by atoms with van der Waals surface area (Å²) in [6.07, 6.45) is 3.66. The monoisotopic (exact) mass is 277 g/mol. The average molecular weight is 277 g/mol. The summed E-state index contributed by atoms with van der Waals surface area (Å²) in [7, 11) is 0. The second-order valence-corrected chi connectivity index (χ2v) is 3.92. The molecule has 0 atom stereocenters. The molecule has 20 heavy (non-hydrogen) atoms. The van der Waals surface area contributed by atoms with Gasteiger partial charge in [0.25, 0.3) is 0 Å². The van der Waals surface area contributed by atoms with Crippen molar-refractivity contribution >= 4 is 11.9 Å². The lowest BCUT2D eigenvalue weighted by molar-refractivity contribution is 0.312. The molecule has 0 bridgehead atoms. The third-order valence-corrected chi connectivity index (χ3v) is 2.41. The van der Waals surface area contributed by atoms with E-state index in [2.05, 4.69) is 30.7 Å². The van der Waals surface area contributed by atoms with Crippen LogP contribution in [0.25, 0.3) is 0 Å². The maximum Gasteiger partial charge on any atom is 0.323 e. The van der Waals surface area contributed by atoms with Crippen LogP contribution in [0.15, 0.2) is 18.5 Å². The van der Waals surface area contributed by atoms with Gasteiger partial charge in [-0.3, -0.25) is 4.68 Å². The van der Waals surface area contributed by atoms with Gasteiger partial charge in [0.1, 0.15) is 0 Å². The smallest absolute Gasteiger partial charge is 0.323 e. The number of hydrogen-bond acceptors (Lipinski definition) is 7. The molecule has 0 spiro atoms. The first-order valence-electron chi connectivity index (χ1n) is 6.66. The van der Waals surface area contributed by atoms with Gasteiger partial charge in [0.2, 0.25) is 11.9 Å². The minimum absolute atomic E-state index is 0.319. The van der Waals surface area contributed by atoms with Crippen molar-refractivity contribution in [2.45, 2.75) is 20.4 Å². The lowest BCUT2D eigenvalue weighted by Gasteiger charge is -2.09. The van der Waals surface area contributed by atoms with Gasteiger partial charge in [0.15, 0.2) is 0 Å². The Balaban J connectivity index is 1.97. The number of aromatic nitrogens is 5. The van der Waals surface area contributed by atoms with Crippen molar-refractivity contribution in [3.8, 4) is 6.01 Å². The summed E-state index contributed by atoms with van der Waals surface area (Å²) in [5.41, 5.74) is 0. The van der Waals surface area contributed by atoms with E-state index in [0.717, 1.165) is 13.1 Å². The first-order chi connectivity index (χ1) is 9.81. The van der Waals surface area contributed by atoms with E-state index in [1.165, 1.54) is 0 Å². The fourth-order valence-corrected chi connectivity index (χ4v) is 1.58. The predicted molar refractivity (Wildman–Crippen MR) is 75.9 cm³/mol. The van der Waals surface area contributed by atoms with Gasteiger partial charge < -0.3 is 15.4 Å². The summed E-state index contributed by atoms with van der Waals surface area (Å²) in [6.45, 7) is 6.53. The molecular weight excluding hydrogens is 258 g/mol. The van der Waals surface area contributed by atoms with Gasteiger partial charge in [-0.2, -0.15) is 20.1 Å². The van der Waals surface area contributed by atoms with Gasteiger partial charge in [-0.1, -0.05) is 0 Å². The molecule has 0 saturated heterocycles. The second kappa shape index (κ2) is 7.27. The zero-order valence-corrected chi connectivity index (χ0v) is 11.7. The summed E-state index contributed by atoms with van der Waals surface area (Å²) >= 11 is 0. The fourth-order valence-electron chi connectivity index (χ4n) is 1.58. The van der Waals surface area contributed by atoms with E-state index in [4.69, 9.17) is 4.74 Å². The van der Waals surface area contributed by atoms with Crippen molar-refractivity contribution in [1.29, 1.82) is 0 Å². The van der Waals surface area contributed by atoms with Gasteiger partial charge in [0, 0.05) is 25.5 Å². The zero-order chi connectivity index (χ0) is 14.2. The lowest BCUT2D eigenvalue weighted by atomic mass is 10.6. The molecule has 8 nitrogen and oxygen atoms in total. The van der Waals surface area contributed by atoms with E-state index >= 15 is 0 Å². The van der Waals surface area contributed by atoms with E-state index in [9.17, 15) is 0 Å². The van der Waals surface area contributed by atoms with Crippen LogP contribution in [0.5, 0.6) is 6.01 Å². The van der Waals surface area contributed by atoms with Crippen LogP contribution in [0.1, 0.15) is 13.8 Å². The molecule has 0 aliphatic rings. The normalized spacial score (nSPS) is 10.3. The van der Waals surface area contributed by atoms with Crippen LogP contribution in [-0.4, -0.2) is 44.4 Å². The summed E-state index contributed by atoms with van der Waals surface area (Å²) in [4.78, 5) is 12.6. The van der Waals surface area contributed by atoms with Crippen LogP contribution in [0.3, 0.4) is 0 Å². The molecule has 0 amide bonds. The highest BCUT2D eigenvalue weighted by Gasteiger charge is 2.06. The molecule has 8 heteroatoms. The molecule has 2 aromatic rings. The molecule has 0 radical (unpaired) electrons. The Morgan fingerprint density at radius 3 is 2.60 bits per heavy atom. The molecule has 2 aromatic heterocycles. The highest BCUT2D eigenvalue weighted by Crippen LogP contribution is 2.10. The molecule has 2 rings (SSSR count). The molecule has 0 aliphatic carbocycles. The van der Waals surface area contributed by atoms with Crippen molar-refractivity contribution in [2.24, 2.45) is 0 Å². The van der Waals surface area contributed by atoms with Crippen LogP contribution in [0.4, 0.5) is 11.9 Å². The van der Waals surface area contributed by atoms with Crippen molar-refractivity contribution in [2.75, 3.05) is 30.3 Å². The van der Waals surface area contributed by atoms with Crippen LogP contribution >= 0.6 is 0 Å². The van der Waals surface area contributed by atoms with Crippen LogP contribution in [0, 0.1) is 0 Å². The van der Waals surface area contributed by atoms with E-state index in [1.54, 1.807) is 6.20 Å². The van der Waals surface area contributed by atoms with Gasteiger partial charge in [-0.05, 0) is 19.9 Å². The predicted octanol–water partition coefficient (Wildman–Crippen LogP) is 1.01. The summed E-state index contributed by atoms with van der Waals surface area (Å²) in [6, 6.07) is 2.21. The Morgan fingerprint density at radius 2 is 1.95 bits per heavy atom. The molecule has 0 unspecified atom stereocenters. The standard InChI is InChI=1S/C12H19N7O/c1-3-13-10-16-11(18-12(17-10)20-4-2)14-7-9-19-8-5-6-15-19/h5-6,8H,3-4,7,9H2,1-2H3,(H2,13,14,16,17,18). The van der Waals surface area contributed by atoms with E-state index in [-0.39, 0.29) is 0 Å². The number of nitrogens with one attached hydrogen (secondary N) is 2. The van der Waals surface area contributed by atoms with Gasteiger partial charge in [0.05, 0.1) is 13.2 Å². The van der Waals surface area contributed by atoms with E-state index < -0.39 is 0 Å². The topological polar surface area (TPSA) is 89.8 Å². The van der Waals surface area contributed by atoms with Gasteiger partial charge in [-0.15, -0.1) is 0 Å². The largest absolute Gasteiger partial charge is 0.464 e.